The zero-order valence-electron chi connectivity index (χ0n) is 14.6. The van der Waals surface area contributed by atoms with E-state index in [1.54, 1.807) is 36.2 Å². The molecule has 1 aliphatic heterocycles. The first-order valence-electron chi connectivity index (χ1n) is 8.46. The lowest BCUT2D eigenvalue weighted by atomic mass is 10.1. The molecule has 3 heterocycles. The first-order chi connectivity index (χ1) is 13.0. The number of anilines is 1. The van der Waals surface area contributed by atoms with E-state index in [9.17, 15) is 9.18 Å². The Morgan fingerprint density at radius 1 is 1.33 bits per heavy atom. The number of amides is 1. The van der Waals surface area contributed by atoms with Crippen LogP contribution >= 0.6 is 11.9 Å². The van der Waals surface area contributed by atoms with Crippen molar-refractivity contribution in [3.05, 3.63) is 54.0 Å². The maximum atomic E-state index is 13.5. The summed E-state index contributed by atoms with van der Waals surface area (Å²) in [7, 11) is 0. The number of halogens is 1. The van der Waals surface area contributed by atoms with E-state index >= 15 is 0 Å². The minimum Gasteiger partial charge on any atom is -0.382 e. The van der Waals surface area contributed by atoms with Gasteiger partial charge in [-0.3, -0.25) is 4.79 Å². The maximum Gasteiger partial charge on any atom is 0.253 e. The number of rotatable bonds is 4. The number of aromatic nitrogens is 2. The third-order valence-corrected chi connectivity index (χ3v) is 5.38. The van der Waals surface area contributed by atoms with Crippen molar-refractivity contribution in [1.82, 2.24) is 19.6 Å². The molecule has 138 valence electrons. The largest absolute Gasteiger partial charge is 0.382 e. The molecule has 1 aromatic carbocycles. The summed E-state index contributed by atoms with van der Waals surface area (Å²) in [5, 5.41) is 3.64. The number of nitrogens with two attached hydrogens (primary N) is 1. The van der Waals surface area contributed by atoms with Crippen LogP contribution in [0.1, 0.15) is 10.4 Å². The fraction of sp³-hybridized carbons (Fsp3) is 0.211. The Morgan fingerprint density at radius 3 is 2.89 bits per heavy atom. The Kier molecular flexibility index (Phi) is 4.67. The Bertz CT molecular complexity index is 1020. The highest BCUT2D eigenvalue weighted by molar-refractivity contribution is 7.96. The number of nitrogen functional groups attached to an aromatic ring is 1. The second kappa shape index (κ2) is 7.13. The SMILES string of the molecule is CSN1CC(NC(=O)c2cnc(N)c3nc(-c4cccc(F)c4)ccc23)C1. The molecule has 2 aromatic heterocycles. The molecule has 0 saturated carbocycles. The average molecular weight is 383 g/mol. The highest BCUT2D eigenvalue weighted by Gasteiger charge is 2.28. The number of nitrogens with zero attached hydrogens (tertiary/aromatic N) is 3. The molecule has 4 rings (SSSR count). The highest BCUT2D eigenvalue weighted by Crippen LogP contribution is 2.26. The molecule has 27 heavy (non-hydrogen) atoms. The fourth-order valence-electron chi connectivity index (χ4n) is 3.07. The van der Waals surface area contributed by atoms with Gasteiger partial charge >= 0.3 is 0 Å². The predicted molar refractivity (Wildman–Crippen MR) is 106 cm³/mol. The molecule has 0 atom stereocenters. The molecule has 0 spiro atoms. The Balaban J connectivity index is 1.67. The van der Waals surface area contributed by atoms with Gasteiger partial charge in [-0.1, -0.05) is 24.1 Å². The van der Waals surface area contributed by atoms with Crippen molar-refractivity contribution in [1.29, 1.82) is 0 Å². The summed E-state index contributed by atoms with van der Waals surface area (Å²) in [4.78, 5) is 21.3. The second-order valence-corrected chi connectivity index (χ2v) is 7.24. The summed E-state index contributed by atoms with van der Waals surface area (Å²) >= 11 is 1.66. The van der Waals surface area contributed by atoms with Gasteiger partial charge in [-0.2, -0.15) is 0 Å². The first kappa shape index (κ1) is 17.7. The molecule has 0 bridgehead atoms. The highest BCUT2D eigenvalue weighted by atomic mass is 32.2. The number of nitrogens with one attached hydrogen (secondary N) is 1. The molecule has 1 fully saturated rings. The van der Waals surface area contributed by atoms with Gasteiger partial charge in [0.1, 0.15) is 17.2 Å². The summed E-state index contributed by atoms with van der Waals surface area (Å²) in [6, 6.07) is 9.84. The summed E-state index contributed by atoms with van der Waals surface area (Å²) in [6.07, 6.45) is 3.48. The number of fused-ring (bicyclic) bond motifs is 1. The van der Waals surface area contributed by atoms with E-state index < -0.39 is 0 Å². The number of carbonyl (C=O) groups excluding carboxylic acids is 1. The van der Waals surface area contributed by atoms with Gasteiger partial charge in [0, 0.05) is 30.2 Å². The van der Waals surface area contributed by atoms with E-state index in [0.717, 1.165) is 13.1 Å². The summed E-state index contributed by atoms with van der Waals surface area (Å²) in [5.41, 5.74) is 8.06. The van der Waals surface area contributed by atoms with Crippen LogP contribution in [0.25, 0.3) is 22.2 Å². The molecule has 3 aromatic rings. The number of carbonyl (C=O) groups is 1. The monoisotopic (exact) mass is 383 g/mol. The van der Waals surface area contributed by atoms with Crippen LogP contribution in [0, 0.1) is 5.82 Å². The molecule has 0 unspecified atom stereocenters. The molecule has 8 heteroatoms. The van der Waals surface area contributed by atoms with E-state index in [1.165, 1.54) is 18.3 Å². The van der Waals surface area contributed by atoms with Crippen LogP contribution in [-0.2, 0) is 0 Å². The minimum atomic E-state index is -0.339. The van der Waals surface area contributed by atoms with Gasteiger partial charge in [-0.15, -0.1) is 0 Å². The number of benzene rings is 1. The lowest BCUT2D eigenvalue weighted by Gasteiger charge is -2.37. The van der Waals surface area contributed by atoms with Crippen molar-refractivity contribution in [2.75, 3.05) is 25.1 Å². The van der Waals surface area contributed by atoms with Crippen molar-refractivity contribution in [3.63, 3.8) is 0 Å². The molecule has 6 nitrogen and oxygen atoms in total. The fourth-order valence-corrected chi connectivity index (χ4v) is 3.73. The Hall–Kier alpha value is -2.71. The zero-order chi connectivity index (χ0) is 19.0. The van der Waals surface area contributed by atoms with Crippen molar-refractivity contribution >= 4 is 34.6 Å². The quantitative estimate of drug-likeness (QED) is 0.674. The van der Waals surface area contributed by atoms with Crippen LogP contribution in [0.3, 0.4) is 0 Å². The first-order valence-corrected chi connectivity index (χ1v) is 9.64. The number of hydrogen-bond acceptors (Lipinski definition) is 6. The molecular weight excluding hydrogens is 365 g/mol. The average Bonchev–Trinajstić information content (AvgIpc) is 2.64. The summed E-state index contributed by atoms with van der Waals surface area (Å²) in [5.74, 6) is -0.302. The van der Waals surface area contributed by atoms with Crippen LogP contribution in [0.5, 0.6) is 0 Å². The molecule has 1 aliphatic rings. The number of hydrogen-bond donors (Lipinski definition) is 2. The van der Waals surface area contributed by atoms with Crippen molar-refractivity contribution < 1.29 is 9.18 Å². The lowest BCUT2D eigenvalue weighted by molar-refractivity contribution is 0.0902. The molecule has 1 saturated heterocycles. The van der Waals surface area contributed by atoms with Gasteiger partial charge in [-0.25, -0.2) is 18.7 Å². The van der Waals surface area contributed by atoms with Gasteiger partial charge in [0.15, 0.2) is 0 Å². The van der Waals surface area contributed by atoms with Gasteiger partial charge in [-0.05, 0) is 30.5 Å². The van der Waals surface area contributed by atoms with Gasteiger partial charge in [0.2, 0.25) is 0 Å². The molecule has 0 radical (unpaired) electrons. The van der Waals surface area contributed by atoms with Gasteiger partial charge in [0.25, 0.3) is 5.91 Å². The predicted octanol–water partition coefficient (Wildman–Crippen LogP) is 2.71. The Labute approximate surface area is 160 Å². The van der Waals surface area contributed by atoms with Crippen LogP contribution in [-0.4, -0.2) is 45.6 Å². The molecule has 3 N–H and O–H groups in total. The molecular formula is C19H18FN5OS. The second-order valence-electron chi connectivity index (χ2n) is 6.36. The van der Waals surface area contributed by atoms with E-state index in [1.807, 2.05) is 6.26 Å². The van der Waals surface area contributed by atoms with Crippen molar-refractivity contribution in [2.45, 2.75) is 6.04 Å². The summed E-state index contributed by atoms with van der Waals surface area (Å²) in [6.45, 7) is 1.63. The molecule has 1 amide bonds. The van der Waals surface area contributed by atoms with Crippen molar-refractivity contribution in [2.24, 2.45) is 0 Å². The van der Waals surface area contributed by atoms with Gasteiger partial charge < -0.3 is 11.1 Å². The van der Waals surface area contributed by atoms with Gasteiger partial charge in [0.05, 0.1) is 17.3 Å². The van der Waals surface area contributed by atoms with Crippen LogP contribution in [0.2, 0.25) is 0 Å². The van der Waals surface area contributed by atoms with Crippen LogP contribution < -0.4 is 11.1 Å². The summed E-state index contributed by atoms with van der Waals surface area (Å²) < 4.78 is 15.7. The van der Waals surface area contributed by atoms with Crippen LogP contribution in [0.4, 0.5) is 10.2 Å². The van der Waals surface area contributed by atoms with E-state index in [0.29, 0.717) is 27.7 Å². The van der Waals surface area contributed by atoms with E-state index in [2.05, 4.69) is 19.6 Å². The third kappa shape index (κ3) is 3.45. The van der Waals surface area contributed by atoms with Crippen LogP contribution in [0.15, 0.2) is 42.6 Å². The van der Waals surface area contributed by atoms with Crippen molar-refractivity contribution in [3.8, 4) is 11.3 Å². The minimum absolute atomic E-state index is 0.122. The molecule has 0 aliphatic carbocycles. The van der Waals surface area contributed by atoms with E-state index in [-0.39, 0.29) is 23.6 Å². The third-order valence-electron chi connectivity index (χ3n) is 4.57. The lowest BCUT2D eigenvalue weighted by Crippen LogP contribution is -2.56. The maximum absolute atomic E-state index is 13.5. The number of pyridine rings is 2. The zero-order valence-corrected chi connectivity index (χ0v) is 15.5. The van der Waals surface area contributed by atoms with E-state index in [4.69, 9.17) is 5.73 Å². The smallest absolute Gasteiger partial charge is 0.253 e. The standard InChI is InChI=1S/C19H18FN5OS/c1-27-25-9-13(10-25)23-19(26)15-8-22-18(21)17-14(15)5-6-16(24-17)11-3-2-4-12(20)7-11/h2-8,13H,9-10H2,1H3,(H2,21,22)(H,23,26). The Morgan fingerprint density at radius 2 is 2.15 bits per heavy atom. The normalized spacial score (nSPS) is 14.9. The topological polar surface area (TPSA) is 84.1 Å².